The van der Waals surface area contributed by atoms with Gasteiger partial charge >= 0.3 is 0 Å². The van der Waals surface area contributed by atoms with Crippen molar-refractivity contribution in [3.63, 3.8) is 0 Å². The molecule has 0 radical (unpaired) electrons. The van der Waals surface area contributed by atoms with E-state index in [1.54, 1.807) is 12.1 Å². The summed E-state index contributed by atoms with van der Waals surface area (Å²) in [5, 5.41) is 2.95. The first-order chi connectivity index (χ1) is 14.6. The third-order valence-electron chi connectivity index (χ3n) is 4.94. The summed E-state index contributed by atoms with van der Waals surface area (Å²) in [4.78, 5) is 14.9. The molecule has 0 spiro atoms. The van der Waals surface area contributed by atoms with Gasteiger partial charge in [0.05, 0.1) is 11.1 Å². The van der Waals surface area contributed by atoms with Crippen LogP contribution in [0.1, 0.15) is 29.8 Å². The van der Waals surface area contributed by atoms with Crippen LogP contribution in [0.4, 0.5) is 11.4 Å². The number of benzene rings is 3. The lowest BCUT2D eigenvalue weighted by Crippen LogP contribution is -2.21. The number of hydrogen-bond donors (Lipinski definition) is 1. The minimum Gasteiger partial charge on any atom is -0.492 e. The van der Waals surface area contributed by atoms with Crippen LogP contribution >= 0.6 is 15.9 Å². The Morgan fingerprint density at radius 1 is 0.967 bits per heavy atom. The molecule has 3 aromatic carbocycles. The van der Waals surface area contributed by atoms with Crippen LogP contribution < -0.4 is 15.0 Å². The SMILES string of the molecule is CCN(CC)c1ccc(NC(=O)c2ccc(OCCc3ccccc3)c(Br)c2)cc1. The molecular formula is C25H27BrN2O2. The van der Waals surface area contributed by atoms with Gasteiger partial charge in [0.25, 0.3) is 5.91 Å². The molecule has 5 heteroatoms. The van der Waals surface area contributed by atoms with Gasteiger partial charge in [-0.25, -0.2) is 0 Å². The van der Waals surface area contributed by atoms with Crippen LogP contribution in [0.2, 0.25) is 0 Å². The number of amides is 1. The van der Waals surface area contributed by atoms with E-state index in [-0.39, 0.29) is 5.91 Å². The summed E-state index contributed by atoms with van der Waals surface area (Å²) >= 11 is 3.52. The van der Waals surface area contributed by atoms with E-state index in [9.17, 15) is 4.79 Å². The molecule has 1 amide bonds. The van der Waals surface area contributed by atoms with Gasteiger partial charge in [-0.1, -0.05) is 30.3 Å². The number of hydrogen-bond acceptors (Lipinski definition) is 3. The highest BCUT2D eigenvalue weighted by molar-refractivity contribution is 9.10. The normalized spacial score (nSPS) is 10.5. The Hall–Kier alpha value is -2.79. The molecule has 3 rings (SSSR count). The van der Waals surface area contributed by atoms with E-state index in [1.807, 2.05) is 48.5 Å². The third kappa shape index (κ3) is 5.86. The molecule has 0 unspecified atom stereocenters. The monoisotopic (exact) mass is 466 g/mol. The summed E-state index contributed by atoms with van der Waals surface area (Å²) in [6.07, 6.45) is 0.832. The lowest BCUT2D eigenvalue weighted by molar-refractivity contribution is 0.102. The fraction of sp³-hybridized carbons (Fsp3) is 0.240. The van der Waals surface area contributed by atoms with Gasteiger partial charge in [0.15, 0.2) is 0 Å². The number of anilines is 2. The zero-order chi connectivity index (χ0) is 21.3. The van der Waals surface area contributed by atoms with Crippen molar-refractivity contribution < 1.29 is 9.53 Å². The van der Waals surface area contributed by atoms with Crippen molar-refractivity contribution >= 4 is 33.2 Å². The van der Waals surface area contributed by atoms with Crippen molar-refractivity contribution in [2.75, 3.05) is 29.9 Å². The summed E-state index contributed by atoms with van der Waals surface area (Å²) in [7, 11) is 0. The van der Waals surface area contributed by atoms with Crippen LogP contribution in [-0.4, -0.2) is 25.6 Å². The Morgan fingerprint density at radius 3 is 2.30 bits per heavy atom. The van der Waals surface area contributed by atoms with Crippen LogP contribution in [0.5, 0.6) is 5.75 Å². The van der Waals surface area contributed by atoms with Crippen molar-refractivity contribution in [1.29, 1.82) is 0 Å². The van der Waals surface area contributed by atoms with Crippen molar-refractivity contribution in [3.05, 3.63) is 88.4 Å². The zero-order valence-electron chi connectivity index (χ0n) is 17.4. The largest absolute Gasteiger partial charge is 0.492 e. The quantitative estimate of drug-likeness (QED) is 0.409. The molecule has 0 fully saturated rings. The second kappa shape index (κ2) is 10.8. The molecule has 0 bridgehead atoms. The lowest BCUT2D eigenvalue weighted by atomic mass is 10.1. The topological polar surface area (TPSA) is 41.6 Å². The number of carbonyl (C=O) groups excluding carboxylic acids is 1. The maximum Gasteiger partial charge on any atom is 0.255 e. The van der Waals surface area contributed by atoms with E-state index in [2.05, 4.69) is 52.1 Å². The molecule has 0 saturated heterocycles. The van der Waals surface area contributed by atoms with Gasteiger partial charge in [-0.3, -0.25) is 4.79 Å². The van der Waals surface area contributed by atoms with Crippen LogP contribution in [0.25, 0.3) is 0 Å². The number of nitrogens with one attached hydrogen (secondary N) is 1. The highest BCUT2D eigenvalue weighted by Gasteiger charge is 2.10. The maximum absolute atomic E-state index is 12.6. The average molecular weight is 467 g/mol. The zero-order valence-corrected chi connectivity index (χ0v) is 19.0. The van der Waals surface area contributed by atoms with E-state index in [4.69, 9.17) is 4.74 Å². The Kier molecular flexibility index (Phi) is 7.91. The van der Waals surface area contributed by atoms with Crippen molar-refractivity contribution in [2.45, 2.75) is 20.3 Å². The summed E-state index contributed by atoms with van der Waals surface area (Å²) in [6.45, 7) is 6.75. The number of nitrogens with zero attached hydrogens (tertiary/aromatic N) is 1. The smallest absolute Gasteiger partial charge is 0.255 e. The molecule has 0 atom stereocenters. The van der Waals surface area contributed by atoms with E-state index in [0.717, 1.165) is 41.1 Å². The molecule has 0 aliphatic heterocycles. The summed E-state index contributed by atoms with van der Waals surface area (Å²) < 4.78 is 6.63. The second-order valence-electron chi connectivity index (χ2n) is 6.90. The fourth-order valence-corrected chi connectivity index (χ4v) is 3.72. The van der Waals surface area contributed by atoms with Crippen LogP contribution in [-0.2, 0) is 6.42 Å². The number of rotatable bonds is 9. The first-order valence-corrected chi connectivity index (χ1v) is 11.0. The van der Waals surface area contributed by atoms with Gasteiger partial charge in [0.2, 0.25) is 0 Å². The number of carbonyl (C=O) groups is 1. The highest BCUT2D eigenvalue weighted by Crippen LogP contribution is 2.27. The van der Waals surface area contributed by atoms with Crippen molar-refractivity contribution in [3.8, 4) is 5.75 Å². The Morgan fingerprint density at radius 2 is 1.67 bits per heavy atom. The van der Waals surface area contributed by atoms with E-state index < -0.39 is 0 Å². The molecular weight excluding hydrogens is 440 g/mol. The first-order valence-electron chi connectivity index (χ1n) is 10.2. The molecule has 0 saturated carbocycles. The van der Waals surface area contributed by atoms with Gasteiger partial charge in [-0.2, -0.15) is 0 Å². The second-order valence-corrected chi connectivity index (χ2v) is 7.76. The summed E-state index contributed by atoms with van der Waals surface area (Å²) in [5.74, 6) is 0.577. The third-order valence-corrected chi connectivity index (χ3v) is 5.56. The molecule has 3 aromatic rings. The van der Waals surface area contributed by atoms with Crippen LogP contribution in [0, 0.1) is 0 Å². The standard InChI is InChI=1S/C25H27BrN2O2/c1-3-28(4-2)22-13-11-21(12-14-22)27-25(29)20-10-15-24(23(26)18-20)30-17-16-19-8-6-5-7-9-19/h5-15,18H,3-4,16-17H2,1-2H3,(H,27,29). The van der Waals surface area contributed by atoms with Gasteiger partial charge < -0.3 is 15.0 Å². The Balaban J connectivity index is 1.58. The van der Waals surface area contributed by atoms with Gasteiger partial charge in [-0.05, 0) is 77.8 Å². The predicted molar refractivity (Wildman–Crippen MR) is 128 cm³/mol. The molecule has 0 heterocycles. The Bertz CT molecular complexity index is 955. The van der Waals surface area contributed by atoms with Gasteiger partial charge in [-0.15, -0.1) is 0 Å². The highest BCUT2D eigenvalue weighted by atomic mass is 79.9. The molecule has 0 aliphatic carbocycles. The number of ether oxygens (including phenoxy) is 1. The lowest BCUT2D eigenvalue weighted by Gasteiger charge is -2.21. The van der Waals surface area contributed by atoms with Crippen LogP contribution in [0.3, 0.4) is 0 Å². The van der Waals surface area contributed by atoms with Crippen molar-refractivity contribution in [1.82, 2.24) is 0 Å². The van der Waals surface area contributed by atoms with Gasteiger partial charge in [0.1, 0.15) is 5.75 Å². The van der Waals surface area contributed by atoms with E-state index in [0.29, 0.717) is 12.2 Å². The maximum atomic E-state index is 12.6. The molecule has 30 heavy (non-hydrogen) atoms. The van der Waals surface area contributed by atoms with Gasteiger partial charge in [0, 0.05) is 36.4 Å². The van der Waals surface area contributed by atoms with Crippen LogP contribution in [0.15, 0.2) is 77.3 Å². The molecule has 4 nitrogen and oxygen atoms in total. The fourth-order valence-electron chi connectivity index (χ4n) is 3.23. The van der Waals surface area contributed by atoms with E-state index >= 15 is 0 Å². The minimum atomic E-state index is -0.151. The number of halogens is 1. The molecule has 1 N–H and O–H groups in total. The molecule has 0 aromatic heterocycles. The predicted octanol–water partition coefficient (Wildman–Crippen LogP) is 6.17. The molecule has 156 valence electrons. The average Bonchev–Trinajstić information content (AvgIpc) is 2.77. The molecule has 0 aliphatic rings. The Labute approximate surface area is 187 Å². The summed E-state index contributed by atoms with van der Waals surface area (Å²) in [5.41, 5.74) is 3.73. The summed E-state index contributed by atoms with van der Waals surface area (Å²) in [6, 6.07) is 23.5. The van der Waals surface area contributed by atoms with Crippen molar-refractivity contribution in [2.24, 2.45) is 0 Å². The minimum absolute atomic E-state index is 0.151. The van der Waals surface area contributed by atoms with E-state index in [1.165, 1.54) is 5.56 Å². The first kappa shape index (κ1) is 21.9.